The standard InChI is InChI=1S/C32H38N7O.C21H30BrN4.C11H9N3O.3BrH/c1-3-39(4-2)31-15-11-27(12-16-31)33-35-29-19-24-37(25-20-29)21-7-5-6-8-22-38-23-9-10-30(26-38)36-34-28-13-17-32(40)18-14-28;1-3-26(4-2)21-11-9-19(10-12-21)23-24-20-13-17-25(18-14-20)16-8-6-5-7-15-22;15-11-5-3-9(4-6-11)13-14-10-2-1-7-12-8-10;;;/h9-20,23-26H,3-8,21-22H2,1-2H3;9-14,17-18H,3-8,15-16H2,1-2H3;1-8,15H;3*1H/q2*+1;;;;/p-2. The zero-order chi connectivity index (χ0) is 57.1. The minimum atomic E-state index is 0. The van der Waals surface area contributed by atoms with Gasteiger partial charge in [0, 0.05) is 98.7 Å². The first-order chi connectivity index (χ1) is 39.7. The van der Waals surface area contributed by atoms with E-state index in [1.54, 1.807) is 67.0 Å². The molecule has 0 radical (unpaired) electrons. The van der Waals surface area contributed by atoms with E-state index in [-0.39, 0.29) is 62.4 Å². The summed E-state index contributed by atoms with van der Waals surface area (Å²) in [5, 5.41) is 53.5. The van der Waals surface area contributed by atoms with Crippen molar-refractivity contribution in [3.63, 3.8) is 0 Å². The minimum Gasteiger partial charge on any atom is -1.00 e. The van der Waals surface area contributed by atoms with E-state index in [2.05, 4.69) is 168 Å². The highest BCUT2D eigenvalue weighted by Crippen LogP contribution is 2.25. The van der Waals surface area contributed by atoms with Crippen LogP contribution in [0.15, 0.2) is 236 Å². The van der Waals surface area contributed by atoms with Crippen LogP contribution in [0.3, 0.4) is 0 Å². The number of aryl methyl sites for hydroxylation is 3. The lowest BCUT2D eigenvalue weighted by Crippen LogP contribution is -3.00. The quantitative estimate of drug-likeness (QED) is 0.0228. The van der Waals surface area contributed by atoms with Crippen LogP contribution in [0, 0.1) is 0 Å². The molecule has 20 heteroatoms. The average molecular weight is 1400 g/mol. The molecule has 0 aliphatic rings. The summed E-state index contributed by atoms with van der Waals surface area (Å²) in [6, 6.07) is 45.3. The van der Waals surface area contributed by atoms with Crippen LogP contribution < -0.4 is 74.4 Å². The number of unbranched alkanes of at least 4 members (excludes halogenated alkanes) is 6. The smallest absolute Gasteiger partial charge is 0.196 e. The van der Waals surface area contributed by atoms with Gasteiger partial charge in [-0.15, -0.1) is 10.2 Å². The molecule has 0 amide bonds. The first-order valence-corrected chi connectivity index (χ1v) is 29.2. The van der Waals surface area contributed by atoms with E-state index in [1.807, 2.05) is 72.9 Å². The van der Waals surface area contributed by atoms with Gasteiger partial charge in [-0.1, -0.05) is 22.4 Å². The van der Waals surface area contributed by atoms with Crippen molar-refractivity contribution in [2.45, 2.75) is 98.7 Å². The Bertz CT molecular complexity index is 3120. The summed E-state index contributed by atoms with van der Waals surface area (Å²) in [4.78, 5) is 8.54. The summed E-state index contributed by atoms with van der Waals surface area (Å²) >= 11 is 3.48. The number of phenols is 2. The lowest BCUT2D eigenvalue weighted by molar-refractivity contribution is -0.698. The summed E-state index contributed by atoms with van der Waals surface area (Å²) in [5.41, 5.74) is 8.82. The Morgan fingerprint density at radius 1 is 0.369 bits per heavy atom. The van der Waals surface area contributed by atoms with Crippen LogP contribution in [0.2, 0.25) is 0 Å². The molecule has 0 fully saturated rings. The molecule has 0 saturated carbocycles. The van der Waals surface area contributed by atoms with Crippen LogP contribution in [-0.4, -0.2) is 46.7 Å². The molecule has 8 aromatic rings. The van der Waals surface area contributed by atoms with E-state index in [0.29, 0.717) is 17.1 Å². The largest absolute Gasteiger partial charge is 1.00 e. The van der Waals surface area contributed by atoms with E-state index < -0.39 is 0 Å². The van der Waals surface area contributed by atoms with E-state index in [9.17, 15) is 5.11 Å². The third-order valence-electron chi connectivity index (χ3n) is 12.9. The fourth-order valence-corrected chi connectivity index (χ4v) is 8.67. The lowest BCUT2D eigenvalue weighted by Gasteiger charge is -2.20. The third-order valence-corrected chi connectivity index (χ3v) is 13.5. The zero-order valence-corrected chi connectivity index (χ0v) is 54.8. The highest BCUT2D eigenvalue weighted by Gasteiger charge is 2.07. The Balaban J connectivity index is 0.000000360. The maximum atomic E-state index is 9.38. The summed E-state index contributed by atoms with van der Waals surface area (Å²) in [6.45, 7) is 15.7. The predicted molar refractivity (Wildman–Crippen MR) is 328 cm³/mol. The van der Waals surface area contributed by atoms with Crippen LogP contribution in [-0.2, 0) is 19.6 Å². The van der Waals surface area contributed by atoms with Crippen molar-refractivity contribution in [1.29, 1.82) is 0 Å². The number of halogens is 4. The van der Waals surface area contributed by atoms with Crippen LogP contribution in [0.4, 0.5) is 56.9 Å². The number of hydrogen-bond acceptors (Lipinski definition) is 13. The average Bonchev–Trinajstić information content (AvgIpc) is 3.52. The Hall–Kier alpha value is -7.00. The van der Waals surface area contributed by atoms with Crippen molar-refractivity contribution in [1.82, 2.24) is 4.98 Å². The van der Waals surface area contributed by atoms with Crippen LogP contribution in [0.1, 0.15) is 79.1 Å². The Kier molecular flexibility index (Phi) is 35.6. The summed E-state index contributed by atoms with van der Waals surface area (Å²) in [5.74, 6) is 0.440. The number of azo groups is 4. The van der Waals surface area contributed by atoms with Crippen molar-refractivity contribution < 1.29 is 74.9 Å². The van der Waals surface area contributed by atoms with Gasteiger partial charge in [0.15, 0.2) is 37.2 Å². The molecule has 4 aromatic heterocycles. The van der Waals surface area contributed by atoms with Gasteiger partial charge in [-0.3, -0.25) is 4.98 Å². The van der Waals surface area contributed by atoms with Crippen molar-refractivity contribution in [2.24, 2.45) is 40.9 Å². The number of aromatic nitrogens is 4. The Morgan fingerprint density at radius 3 is 1.07 bits per heavy atom. The van der Waals surface area contributed by atoms with Crippen LogP contribution >= 0.6 is 15.9 Å². The van der Waals surface area contributed by atoms with Gasteiger partial charge in [-0.05, 0) is 169 Å². The van der Waals surface area contributed by atoms with Gasteiger partial charge in [0.1, 0.15) is 42.5 Å². The number of aromatic hydroxyl groups is 2. The second kappa shape index (κ2) is 41.9. The predicted octanol–water partition coefficient (Wildman–Crippen LogP) is 8.31. The summed E-state index contributed by atoms with van der Waals surface area (Å²) in [7, 11) is 0. The van der Waals surface area contributed by atoms with Crippen LogP contribution in [0.5, 0.6) is 11.5 Å². The van der Waals surface area contributed by atoms with Crippen molar-refractivity contribution in [3.8, 4) is 11.5 Å². The van der Waals surface area contributed by atoms with E-state index >= 15 is 0 Å². The molecule has 0 aliphatic carbocycles. The number of rotatable bonds is 27. The number of pyridine rings is 4. The fraction of sp³-hybridized carbons (Fsp3) is 0.312. The van der Waals surface area contributed by atoms with Gasteiger partial charge in [0.25, 0.3) is 0 Å². The van der Waals surface area contributed by atoms with Gasteiger partial charge in [0.2, 0.25) is 0 Å². The molecular weight excluding hydrogens is 1320 g/mol. The van der Waals surface area contributed by atoms with E-state index in [4.69, 9.17) is 5.11 Å². The van der Waals surface area contributed by atoms with Gasteiger partial charge < -0.3 is 71.0 Å². The number of phenolic OH excluding ortho intramolecular Hbond substituents is 2. The van der Waals surface area contributed by atoms with Crippen molar-refractivity contribution in [3.05, 3.63) is 195 Å². The van der Waals surface area contributed by atoms with Gasteiger partial charge in [-0.25, -0.2) is 13.7 Å². The normalized spacial score (nSPS) is 10.8. The Labute approximate surface area is 536 Å². The summed E-state index contributed by atoms with van der Waals surface area (Å²) < 4.78 is 6.58. The fourth-order valence-electron chi connectivity index (χ4n) is 8.27. The third kappa shape index (κ3) is 27.1. The Morgan fingerprint density at radius 2 is 0.702 bits per heavy atom. The molecule has 444 valence electrons. The van der Waals surface area contributed by atoms with Gasteiger partial charge in [0.05, 0.1) is 40.3 Å². The number of nitrogens with zero attached hydrogens (tertiary/aromatic N) is 14. The maximum Gasteiger partial charge on any atom is 0.196 e. The highest BCUT2D eigenvalue weighted by molar-refractivity contribution is 9.09. The molecule has 0 atom stereocenters. The molecular formula is C64H78Br4N14O2. The molecule has 0 bridgehead atoms. The van der Waals surface area contributed by atoms with Crippen molar-refractivity contribution >= 4 is 72.8 Å². The topological polar surface area (TPSA) is 170 Å². The number of anilines is 2. The molecule has 0 saturated heterocycles. The molecule has 0 spiro atoms. The first kappa shape index (κ1) is 71.3. The van der Waals surface area contributed by atoms with E-state index in [0.717, 1.165) is 92.4 Å². The number of benzene rings is 4. The molecule has 16 nitrogen and oxygen atoms in total. The maximum absolute atomic E-state index is 9.38. The van der Waals surface area contributed by atoms with Gasteiger partial charge in [-0.2, -0.15) is 30.7 Å². The van der Waals surface area contributed by atoms with E-state index in [1.165, 1.54) is 49.9 Å². The number of hydrogen-bond donors (Lipinski definition) is 2. The second-order valence-corrected chi connectivity index (χ2v) is 19.6. The van der Waals surface area contributed by atoms with Crippen molar-refractivity contribution in [2.75, 3.05) is 41.3 Å². The second-order valence-electron chi connectivity index (χ2n) is 18.8. The first-order valence-electron chi connectivity index (χ1n) is 28.1. The molecule has 2 N–H and O–H groups in total. The minimum absolute atomic E-state index is 0. The molecule has 0 aliphatic heterocycles. The zero-order valence-electron chi connectivity index (χ0n) is 48.5. The molecule has 4 heterocycles. The van der Waals surface area contributed by atoms with Gasteiger partial charge >= 0.3 is 0 Å². The molecule has 8 rings (SSSR count). The molecule has 0 unspecified atom stereocenters. The monoisotopic (exact) mass is 1390 g/mol. The number of alkyl halides is 1. The molecule has 84 heavy (non-hydrogen) atoms. The summed E-state index contributed by atoms with van der Waals surface area (Å²) in [6.07, 6.45) is 25.4. The molecule has 4 aromatic carbocycles. The highest BCUT2D eigenvalue weighted by atomic mass is 79.9. The van der Waals surface area contributed by atoms with Crippen LogP contribution in [0.25, 0.3) is 0 Å². The SMILES string of the molecule is CCN(CC)c1ccc(N=Nc2cc[n+](CCCCCCBr)cc2)cc1.CCN(CC)c1ccc(N=Nc2cc[n+](CCCCCC[n+]3cccc(N=Nc4ccc(O)cc4)c3)cc2)cc1.Oc1ccc(N=Nc2cccnc2)cc1.[Br-].[Br-].[Br-]. The lowest BCUT2D eigenvalue weighted by atomic mass is 10.2.